The molecule has 2 aromatic heterocycles. The number of nitrogens with one attached hydrogen (secondary N) is 1. The second-order valence-electron chi connectivity index (χ2n) is 5.26. The van der Waals surface area contributed by atoms with E-state index in [1.165, 1.54) is 0 Å². The van der Waals surface area contributed by atoms with Crippen molar-refractivity contribution >= 4 is 28.3 Å². The SMILES string of the molecule is CC(C)n1ncc2cc(NCc3ccccc3Cl)cnc21. The van der Waals surface area contributed by atoms with E-state index in [1.807, 2.05) is 41.3 Å². The van der Waals surface area contributed by atoms with Gasteiger partial charge in [0.15, 0.2) is 5.65 Å². The van der Waals surface area contributed by atoms with Crippen molar-refractivity contribution in [3.05, 3.63) is 53.3 Å². The Bertz CT molecular complexity index is 764. The average molecular weight is 301 g/mol. The lowest BCUT2D eigenvalue weighted by atomic mass is 10.2. The fourth-order valence-corrected chi connectivity index (χ4v) is 2.46. The fraction of sp³-hybridized carbons (Fsp3) is 0.250. The minimum Gasteiger partial charge on any atom is -0.380 e. The zero-order valence-electron chi connectivity index (χ0n) is 12.0. The van der Waals surface area contributed by atoms with Crippen LogP contribution >= 0.6 is 11.6 Å². The maximum Gasteiger partial charge on any atom is 0.158 e. The average Bonchev–Trinajstić information content (AvgIpc) is 2.89. The zero-order chi connectivity index (χ0) is 14.8. The lowest BCUT2D eigenvalue weighted by Crippen LogP contribution is -2.04. The fourth-order valence-electron chi connectivity index (χ4n) is 2.25. The second-order valence-corrected chi connectivity index (χ2v) is 5.67. The summed E-state index contributed by atoms with van der Waals surface area (Å²) >= 11 is 6.15. The molecule has 0 radical (unpaired) electrons. The van der Waals surface area contributed by atoms with Crippen LogP contribution in [0.5, 0.6) is 0 Å². The van der Waals surface area contributed by atoms with E-state index < -0.39 is 0 Å². The molecule has 0 aliphatic carbocycles. The van der Waals surface area contributed by atoms with Gasteiger partial charge in [0.1, 0.15) is 0 Å². The molecule has 0 fully saturated rings. The third kappa shape index (κ3) is 2.85. The number of anilines is 1. The number of halogens is 1. The molecule has 0 amide bonds. The van der Waals surface area contributed by atoms with Crippen LogP contribution in [0, 0.1) is 0 Å². The second kappa shape index (κ2) is 5.74. The van der Waals surface area contributed by atoms with Crippen LogP contribution in [-0.4, -0.2) is 14.8 Å². The monoisotopic (exact) mass is 300 g/mol. The lowest BCUT2D eigenvalue weighted by Gasteiger charge is -2.09. The highest BCUT2D eigenvalue weighted by atomic mass is 35.5. The molecule has 0 saturated carbocycles. The van der Waals surface area contributed by atoms with Crippen LogP contribution in [0.4, 0.5) is 5.69 Å². The van der Waals surface area contributed by atoms with Crippen molar-refractivity contribution in [3.63, 3.8) is 0 Å². The van der Waals surface area contributed by atoms with Gasteiger partial charge < -0.3 is 5.32 Å². The smallest absolute Gasteiger partial charge is 0.158 e. The molecule has 5 heteroatoms. The minimum atomic E-state index is 0.303. The first kappa shape index (κ1) is 13.9. The summed E-state index contributed by atoms with van der Waals surface area (Å²) in [6, 6.07) is 10.2. The van der Waals surface area contributed by atoms with Gasteiger partial charge in [-0.2, -0.15) is 5.10 Å². The first-order chi connectivity index (χ1) is 10.1. The molecule has 2 heterocycles. The summed E-state index contributed by atoms with van der Waals surface area (Å²) in [5, 5.41) is 9.53. The standard InChI is InChI=1S/C16H17ClN4/c1-11(2)21-16-13(9-20-21)7-14(10-19-16)18-8-12-5-3-4-6-15(12)17/h3-7,9-11,18H,8H2,1-2H3. The third-order valence-corrected chi connectivity index (χ3v) is 3.73. The van der Waals surface area contributed by atoms with Crippen LogP contribution in [0.2, 0.25) is 5.02 Å². The van der Waals surface area contributed by atoms with E-state index in [0.717, 1.165) is 27.3 Å². The Hall–Kier alpha value is -2.07. The van der Waals surface area contributed by atoms with E-state index in [4.69, 9.17) is 11.6 Å². The molecule has 108 valence electrons. The lowest BCUT2D eigenvalue weighted by molar-refractivity contribution is 0.546. The molecule has 0 spiro atoms. The van der Waals surface area contributed by atoms with Gasteiger partial charge in [0.25, 0.3) is 0 Å². The van der Waals surface area contributed by atoms with Gasteiger partial charge in [0.05, 0.1) is 18.1 Å². The number of pyridine rings is 1. The Kier molecular flexibility index (Phi) is 3.80. The molecule has 0 unspecified atom stereocenters. The van der Waals surface area contributed by atoms with Gasteiger partial charge in [-0.15, -0.1) is 0 Å². The molecule has 0 bridgehead atoms. The van der Waals surface area contributed by atoms with E-state index in [9.17, 15) is 0 Å². The predicted octanol–water partition coefficient (Wildman–Crippen LogP) is 4.28. The Labute approximate surface area is 128 Å². The molecule has 0 aliphatic heterocycles. The highest BCUT2D eigenvalue weighted by Crippen LogP contribution is 2.21. The van der Waals surface area contributed by atoms with Crippen molar-refractivity contribution < 1.29 is 0 Å². The number of hydrogen-bond acceptors (Lipinski definition) is 3. The van der Waals surface area contributed by atoms with Crippen molar-refractivity contribution in [1.29, 1.82) is 0 Å². The van der Waals surface area contributed by atoms with Gasteiger partial charge in [-0.1, -0.05) is 29.8 Å². The van der Waals surface area contributed by atoms with Crippen molar-refractivity contribution in [3.8, 4) is 0 Å². The molecule has 3 rings (SSSR count). The van der Waals surface area contributed by atoms with Crippen molar-refractivity contribution in [2.24, 2.45) is 0 Å². The van der Waals surface area contributed by atoms with Gasteiger partial charge in [0.2, 0.25) is 0 Å². The van der Waals surface area contributed by atoms with Gasteiger partial charge in [-0.3, -0.25) is 0 Å². The number of hydrogen-bond donors (Lipinski definition) is 1. The topological polar surface area (TPSA) is 42.7 Å². The Morgan fingerprint density at radius 1 is 1.24 bits per heavy atom. The highest BCUT2D eigenvalue weighted by molar-refractivity contribution is 6.31. The van der Waals surface area contributed by atoms with Crippen LogP contribution in [0.1, 0.15) is 25.5 Å². The maximum atomic E-state index is 6.15. The van der Waals surface area contributed by atoms with Crippen LogP contribution in [-0.2, 0) is 6.54 Å². The summed E-state index contributed by atoms with van der Waals surface area (Å²) < 4.78 is 1.92. The van der Waals surface area contributed by atoms with Crippen molar-refractivity contribution in [1.82, 2.24) is 14.8 Å². The summed E-state index contributed by atoms with van der Waals surface area (Å²) in [4.78, 5) is 4.50. The number of fused-ring (bicyclic) bond motifs is 1. The first-order valence-electron chi connectivity index (χ1n) is 6.95. The molecule has 4 nitrogen and oxygen atoms in total. The van der Waals surface area contributed by atoms with Crippen LogP contribution in [0.15, 0.2) is 42.7 Å². The number of aromatic nitrogens is 3. The summed E-state index contributed by atoms with van der Waals surface area (Å²) in [7, 11) is 0. The van der Waals surface area contributed by atoms with Crippen molar-refractivity contribution in [2.75, 3.05) is 5.32 Å². The van der Waals surface area contributed by atoms with E-state index in [-0.39, 0.29) is 0 Å². The van der Waals surface area contributed by atoms with Crippen molar-refractivity contribution in [2.45, 2.75) is 26.4 Å². The molecule has 3 aromatic rings. The molecule has 0 atom stereocenters. The molecule has 0 saturated heterocycles. The molecular formula is C16H17ClN4. The van der Waals surface area contributed by atoms with Crippen LogP contribution < -0.4 is 5.32 Å². The van der Waals surface area contributed by atoms with Crippen LogP contribution in [0.25, 0.3) is 11.0 Å². The molecule has 0 aliphatic rings. The first-order valence-corrected chi connectivity index (χ1v) is 7.33. The summed E-state index contributed by atoms with van der Waals surface area (Å²) in [6.07, 6.45) is 3.68. The summed E-state index contributed by atoms with van der Waals surface area (Å²) in [5.41, 5.74) is 2.94. The highest BCUT2D eigenvalue weighted by Gasteiger charge is 2.08. The Balaban J connectivity index is 1.81. The van der Waals surface area contributed by atoms with Crippen LogP contribution in [0.3, 0.4) is 0 Å². The zero-order valence-corrected chi connectivity index (χ0v) is 12.8. The molecule has 1 aromatic carbocycles. The Morgan fingerprint density at radius 3 is 2.81 bits per heavy atom. The van der Waals surface area contributed by atoms with E-state index >= 15 is 0 Å². The third-order valence-electron chi connectivity index (χ3n) is 3.36. The number of nitrogens with zero attached hydrogens (tertiary/aromatic N) is 3. The largest absolute Gasteiger partial charge is 0.380 e. The number of benzene rings is 1. The predicted molar refractivity (Wildman–Crippen MR) is 86.7 cm³/mol. The quantitative estimate of drug-likeness (QED) is 0.782. The molecule has 21 heavy (non-hydrogen) atoms. The molecular weight excluding hydrogens is 284 g/mol. The summed E-state index contributed by atoms with van der Waals surface area (Å²) in [6.45, 7) is 4.86. The van der Waals surface area contributed by atoms with E-state index in [0.29, 0.717) is 12.6 Å². The Morgan fingerprint density at radius 2 is 2.05 bits per heavy atom. The summed E-state index contributed by atoms with van der Waals surface area (Å²) in [5.74, 6) is 0. The van der Waals surface area contributed by atoms with Gasteiger partial charge in [-0.25, -0.2) is 9.67 Å². The van der Waals surface area contributed by atoms with Gasteiger partial charge in [0, 0.05) is 23.0 Å². The normalized spacial score (nSPS) is 11.2. The molecule has 1 N–H and O–H groups in total. The minimum absolute atomic E-state index is 0.303. The van der Waals surface area contributed by atoms with E-state index in [2.05, 4.69) is 35.3 Å². The van der Waals surface area contributed by atoms with Gasteiger partial charge >= 0.3 is 0 Å². The number of rotatable bonds is 4. The maximum absolute atomic E-state index is 6.15. The van der Waals surface area contributed by atoms with E-state index in [1.54, 1.807) is 0 Å². The van der Waals surface area contributed by atoms with Gasteiger partial charge in [-0.05, 0) is 31.5 Å².